The van der Waals surface area contributed by atoms with E-state index in [0.717, 1.165) is 48.1 Å². The smallest absolute Gasteiger partial charge is 0.0935 e. The zero-order valence-corrected chi connectivity index (χ0v) is 16.4. The fourth-order valence-corrected chi connectivity index (χ4v) is 4.35. The summed E-state index contributed by atoms with van der Waals surface area (Å²) >= 11 is 9.98. The van der Waals surface area contributed by atoms with E-state index in [0.29, 0.717) is 6.42 Å². The van der Waals surface area contributed by atoms with Crippen LogP contribution < -0.4 is 0 Å². The number of likely N-dealkylation sites (tertiary alicyclic amines) is 1. The molecule has 3 heterocycles. The molecule has 1 saturated heterocycles. The molecule has 2 aromatic rings. The lowest BCUT2D eigenvalue weighted by Crippen LogP contribution is -2.40. The van der Waals surface area contributed by atoms with Crippen LogP contribution in [0.2, 0.25) is 4.34 Å². The van der Waals surface area contributed by atoms with Crippen LogP contribution >= 0.6 is 45.5 Å². The van der Waals surface area contributed by atoms with Crippen LogP contribution in [0, 0.1) is 11.3 Å². The van der Waals surface area contributed by atoms with Gasteiger partial charge in [-0.15, -0.1) is 11.3 Å². The minimum atomic E-state index is 0.170. The summed E-state index contributed by atoms with van der Waals surface area (Å²) in [4.78, 5) is 7.01. The Labute approximate surface area is 159 Å². The molecule has 1 aliphatic rings. The summed E-state index contributed by atoms with van der Waals surface area (Å²) in [7, 11) is 0. The molecular formula is C17H17ClIN3S. The number of hydrogen-bond donors (Lipinski definition) is 0. The van der Waals surface area contributed by atoms with Gasteiger partial charge in [0.1, 0.15) is 0 Å². The van der Waals surface area contributed by atoms with Crippen LogP contribution in [0.1, 0.15) is 24.8 Å². The Bertz CT molecular complexity index is 699. The maximum absolute atomic E-state index is 8.92. The van der Waals surface area contributed by atoms with Crippen molar-refractivity contribution in [3.05, 3.63) is 39.7 Å². The summed E-state index contributed by atoms with van der Waals surface area (Å²) in [5, 5.41) is 11.0. The predicted octanol–water partition coefficient (Wildman–Crippen LogP) is 5.15. The molecule has 3 nitrogen and oxygen atoms in total. The largest absolute Gasteiger partial charge is 0.299 e. The Morgan fingerprint density at radius 2 is 2.17 bits per heavy atom. The molecule has 0 bridgehead atoms. The van der Waals surface area contributed by atoms with E-state index in [1.807, 2.05) is 17.6 Å². The van der Waals surface area contributed by atoms with E-state index in [9.17, 15) is 0 Å². The normalized spacial score (nSPS) is 17.8. The lowest BCUT2D eigenvalue weighted by molar-refractivity contribution is 0.199. The van der Waals surface area contributed by atoms with Gasteiger partial charge in [0.15, 0.2) is 0 Å². The van der Waals surface area contributed by atoms with E-state index < -0.39 is 0 Å². The molecule has 0 unspecified atom stereocenters. The molecule has 23 heavy (non-hydrogen) atoms. The molecule has 2 aromatic heterocycles. The van der Waals surface area contributed by atoms with Crippen LogP contribution in [0.3, 0.4) is 0 Å². The van der Waals surface area contributed by atoms with Crippen LogP contribution in [0.4, 0.5) is 0 Å². The van der Waals surface area contributed by atoms with Gasteiger partial charge < -0.3 is 0 Å². The van der Waals surface area contributed by atoms with Gasteiger partial charge in [0.05, 0.1) is 16.1 Å². The Kier molecular flexibility index (Phi) is 5.57. The summed E-state index contributed by atoms with van der Waals surface area (Å²) in [6, 6.07) is 8.49. The third-order valence-electron chi connectivity index (χ3n) is 4.24. The molecule has 1 fully saturated rings. The highest BCUT2D eigenvalue weighted by Gasteiger charge is 2.31. The van der Waals surface area contributed by atoms with Crippen LogP contribution in [0.25, 0.3) is 11.3 Å². The second-order valence-electron chi connectivity index (χ2n) is 5.95. The minimum absolute atomic E-state index is 0.170. The Hall–Kier alpha value is -0.680. The number of nitriles is 1. The first-order chi connectivity index (χ1) is 11.1. The van der Waals surface area contributed by atoms with Crippen molar-refractivity contribution in [2.24, 2.45) is 0 Å². The Morgan fingerprint density at radius 3 is 2.74 bits per heavy atom. The van der Waals surface area contributed by atoms with Gasteiger partial charge in [0.25, 0.3) is 0 Å². The molecule has 0 atom stereocenters. The standard InChI is InChI=1S/C17H17ClIN3S/c18-16-9-14(12-23-16)15-2-1-13(10-21-15)11-22-7-4-17(19,3-6-20)5-8-22/h1-2,9-10,12H,3-5,7-8,11H2. The molecule has 0 radical (unpaired) electrons. The quantitative estimate of drug-likeness (QED) is 0.471. The van der Waals surface area contributed by atoms with Gasteiger partial charge in [-0.25, -0.2) is 0 Å². The molecule has 1 aliphatic heterocycles. The molecule has 3 rings (SSSR count). The van der Waals surface area contributed by atoms with Crippen molar-refractivity contribution < 1.29 is 0 Å². The van der Waals surface area contributed by atoms with Crippen LogP contribution in [0.15, 0.2) is 29.8 Å². The van der Waals surface area contributed by atoms with Crippen molar-refractivity contribution in [1.82, 2.24) is 9.88 Å². The fourth-order valence-electron chi connectivity index (χ4n) is 2.82. The van der Waals surface area contributed by atoms with Crippen molar-refractivity contribution in [2.45, 2.75) is 29.2 Å². The maximum Gasteiger partial charge on any atom is 0.0935 e. The number of alkyl halides is 1. The van der Waals surface area contributed by atoms with Gasteiger partial charge >= 0.3 is 0 Å². The number of nitrogens with zero attached hydrogens (tertiary/aromatic N) is 3. The summed E-state index contributed by atoms with van der Waals surface area (Å²) < 4.78 is 0.961. The van der Waals surface area contributed by atoms with E-state index >= 15 is 0 Å². The van der Waals surface area contributed by atoms with Crippen molar-refractivity contribution in [2.75, 3.05) is 13.1 Å². The molecule has 0 amide bonds. The number of hydrogen-bond acceptors (Lipinski definition) is 4. The van der Waals surface area contributed by atoms with Crippen molar-refractivity contribution in [1.29, 1.82) is 5.26 Å². The zero-order chi connectivity index (χ0) is 16.3. The first-order valence-electron chi connectivity index (χ1n) is 7.56. The molecule has 0 saturated carbocycles. The molecule has 0 aromatic carbocycles. The lowest BCUT2D eigenvalue weighted by atomic mass is 9.94. The number of piperidine rings is 1. The zero-order valence-electron chi connectivity index (χ0n) is 12.6. The molecule has 120 valence electrons. The molecule has 6 heteroatoms. The highest BCUT2D eigenvalue weighted by Crippen LogP contribution is 2.35. The van der Waals surface area contributed by atoms with Crippen LogP contribution in [-0.4, -0.2) is 26.4 Å². The number of thiophene rings is 1. The van der Waals surface area contributed by atoms with Gasteiger partial charge in [0.2, 0.25) is 0 Å². The van der Waals surface area contributed by atoms with E-state index in [2.05, 4.69) is 50.7 Å². The minimum Gasteiger partial charge on any atom is -0.299 e. The highest BCUT2D eigenvalue weighted by molar-refractivity contribution is 14.1. The van der Waals surface area contributed by atoms with Gasteiger partial charge in [-0.2, -0.15) is 5.26 Å². The highest BCUT2D eigenvalue weighted by atomic mass is 127. The Morgan fingerprint density at radius 1 is 1.39 bits per heavy atom. The number of halogens is 2. The fraction of sp³-hybridized carbons (Fsp3) is 0.412. The predicted molar refractivity (Wildman–Crippen MR) is 104 cm³/mol. The summed E-state index contributed by atoms with van der Waals surface area (Å²) in [5.41, 5.74) is 3.28. The first kappa shape index (κ1) is 17.2. The van der Waals surface area contributed by atoms with E-state index in [-0.39, 0.29) is 3.42 Å². The number of aromatic nitrogens is 1. The summed E-state index contributed by atoms with van der Waals surface area (Å²) in [6.45, 7) is 3.02. The average molecular weight is 458 g/mol. The monoisotopic (exact) mass is 457 g/mol. The molecule has 0 aliphatic carbocycles. The van der Waals surface area contributed by atoms with E-state index in [1.54, 1.807) is 0 Å². The molecule has 0 spiro atoms. The second-order valence-corrected chi connectivity index (χ2v) is 9.78. The lowest BCUT2D eigenvalue weighted by Gasteiger charge is -2.36. The second kappa shape index (κ2) is 7.47. The van der Waals surface area contributed by atoms with E-state index in [4.69, 9.17) is 16.9 Å². The topological polar surface area (TPSA) is 39.9 Å². The van der Waals surface area contributed by atoms with Crippen LogP contribution in [-0.2, 0) is 6.54 Å². The van der Waals surface area contributed by atoms with Crippen LogP contribution in [0.5, 0.6) is 0 Å². The number of rotatable bonds is 4. The first-order valence-corrected chi connectivity index (χ1v) is 9.89. The molecule has 0 N–H and O–H groups in total. The SMILES string of the molecule is N#CCC1(I)CCN(Cc2ccc(-c3csc(Cl)c3)nc2)CC1. The average Bonchev–Trinajstić information content (AvgIpc) is 2.97. The van der Waals surface area contributed by atoms with Gasteiger partial charge in [-0.3, -0.25) is 9.88 Å². The summed E-state index contributed by atoms with van der Waals surface area (Å²) in [6.07, 6.45) is 4.78. The van der Waals surface area contributed by atoms with E-state index in [1.165, 1.54) is 16.9 Å². The molecular weight excluding hydrogens is 441 g/mol. The third-order valence-corrected chi connectivity index (χ3v) is 6.79. The van der Waals surface area contributed by atoms with Gasteiger partial charge in [-0.1, -0.05) is 40.3 Å². The van der Waals surface area contributed by atoms with Crippen molar-refractivity contribution in [3.63, 3.8) is 0 Å². The van der Waals surface area contributed by atoms with Crippen molar-refractivity contribution in [3.8, 4) is 17.3 Å². The van der Waals surface area contributed by atoms with Crippen molar-refractivity contribution >= 4 is 45.5 Å². The third kappa shape index (κ3) is 4.44. The Balaban J connectivity index is 1.58. The van der Waals surface area contributed by atoms with Gasteiger partial charge in [-0.05, 0) is 43.6 Å². The maximum atomic E-state index is 8.92. The summed E-state index contributed by atoms with van der Waals surface area (Å²) in [5.74, 6) is 0. The number of pyridine rings is 1. The van der Waals surface area contributed by atoms with Gasteiger partial charge in [0, 0.05) is 33.5 Å².